The van der Waals surface area contributed by atoms with E-state index in [4.69, 9.17) is 24.4 Å². The average molecular weight is 364 g/mol. The Balaban J connectivity index is -0.000000218. The van der Waals surface area contributed by atoms with Crippen molar-refractivity contribution in [3.63, 3.8) is 0 Å². The summed E-state index contributed by atoms with van der Waals surface area (Å²) in [5, 5.41) is 0. The van der Waals surface area contributed by atoms with E-state index >= 15 is 0 Å². The van der Waals surface area contributed by atoms with Gasteiger partial charge in [-0.1, -0.05) is 24.4 Å². The first-order valence-electron chi connectivity index (χ1n) is 5.40. The largest absolute Gasteiger partial charge is 0.358 e. The van der Waals surface area contributed by atoms with Crippen LogP contribution in [0.5, 0.6) is 0 Å². The van der Waals surface area contributed by atoms with E-state index in [2.05, 4.69) is 53.0 Å². The van der Waals surface area contributed by atoms with Gasteiger partial charge in [0.25, 0.3) is 0 Å². The Morgan fingerprint density at radius 1 is 0.765 bits per heavy atom. The van der Waals surface area contributed by atoms with Gasteiger partial charge in [0.2, 0.25) is 0 Å². The second-order valence-corrected chi connectivity index (χ2v) is 5.14. The van der Waals surface area contributed by atoms with Crippen molar-refractivity contribution in [3.8, 4) is 0 Å². The standard InChI is InChI=1S/2C5H11NS2.Zn/c2*1-3-6(4-2)5(7)8;/h2*3-4H2,1-2H3,(H,7,8);. The Hall–Kier alpha value is 1.10. The number of hydrogen-bond donors (Lipinski definition) is 2. The van der Waals surface area contributed by atoms with Crippen LogP contribution in [0.2, 0.25) is 0 Å². The van der Waals surface area contributed by atoms with Gasteiger partial charge in [-0.2, -0.15) is 0 Å². The summed E-state index contributed by atoms with van der Waals surface area (Å²) in [4.78, 5) is 4.02. The average Bonchev–Trinajstić information content (AvgIpc) is 2.21. The van der Waals surface area contributed by atoms with Gasteiger partial charge in [0.15, 0.2) is 0 Å². The molecule has 0 saturated carbocycles. The molecular weight excluding hydrogens is 342 g/mol. The van der Waals surface area contributed by atoms with E-state index in [0.717, 1.165) is 26.2 Å². The predicted molar refractivity (Wildman–Crippen MR) is 89.0 cm³/mol. The number of thiocarbonyl (C=S) groups is 2. The fourth-order valence-corrected chi connectivity index (χ4v) is 2.07. The van der Waals surface area contributed by atoms with Gasteiger partial charge in [-0.25, -0.2) is 0 Å². The maximum atomic E-state index is 4.81. The van der Waals surface area contributed by atoms with E-state index in [1.807, 2.05) is 9.80 Å². The van der Waals surface area contributed by atoms with Crippen molar-refractivity contribution in [1.29, 1.82) is 0 Å². The molecule has 0 amide bonds. The first-order chi connectivity index (χ1) is 7.44. The molecule has 7 heteroatoms. The van der Waals surface area contributed by atoms with Crippen LogP contribution in [0.15, 0.2) is 0 Å². The molecule has 0 aliphatic rings. The van der Waals surface area contributed by atoms with Gasteiger partial charge in [0.05, 0.1) is 0 Å². The molecule has 98 valence electrons. The van der Waals surface area contributed by atoms with Crippen LogP contribution in [-0.2, 0) is 19.5 Å². The molecule has 0 aromatic carbocycles. The van der Waals surface area contributed by atoms with Gasteiger partial charge < -0.3 is 9.80 Å². The Morgan fingerprint density at radius 2 is 0.941 bits per heavy atom. The van der Waals surface area contributed by atoms with Crippen LogP contribution < -0.4 is 0 Å². The number of thiol groups is 2. The minimum absolute atomic E-state index is 0. The molecule has 0 aliphatic carbocycles. The molecule has 0 N–H and O–H groups in total. The van der Waals surface area contributed by atoms with E-state index in [1.165, 1.54) is 0 Å². The zero-order valence-electron chi connectivity index (χ0n) is 11.1. The monoisotopic (exact) mass is 362 g/mol. The van der Waals surface area contributed by atoms with Gasteiger partial charge in [0, 0.05) is 45.7 Å². The van der Waals surface area contributed by atoms with Crippen LogP contribution in [0.25, 0.3) is 0 Å². The number of hydrogen-bond acceptors (Lipinski definition) is 2. The molecule has 17 heavy (non-hydrogen) atoms. The fraction of sp³-hybridized carbons (Fsp3) is 0.800. The zero-order valence-corrected chi connectivity index (χ0v) is 17.5. The molecule has 2 nitrogen and oxygen atoms in total. The van der Waals surface area contributed by atoms with Gasteiger partial charge in [-0.15, -0.1) is 25.3 Å². The second-order valence-electron chi connectivity index (χ2n) is 2.91. The minimum Gasteiger partial charge on any atom is -0.358 e. The summed E-state index contributed by atoms with van der Waals surface area (Å²) >= 11 is 17.6. The van der Waals surface area contributed by atoms with Crippen LogP contribution in [-0.4, -0.2) is 44.6 Å². The maximum Gasteiger partial charge on any atom is 0.133 e. The first-order valence-corrected chi connectivity index (χ1v) is 7.11. The summed E-state index contributed by atoms with van der Waals surface area (Å²) in [6, 6.07) is 0. The molecule has 0 rings (SSSR count). The fourth-order valence-electron chi connectivity index (χ4n) is 0.988. The molecule has 0 bridgehead atoms. The molecule has 0 fully saturated rings. The summed E-state index contributed by atoms with van der Waals surface area (Å²) in [6.07, 6.45) is 0. The van der Waals surface area contributed by atoms with E-state index in [0.29, 0.717) is 8.64 Å². The van der Waals surface area contributed by atoms with E-state index in [1.54, 1.807) is 0 Å². The summed E-state index contributed by atoms with van der Waals surface area (Å²) in [5.41, 5.74) is 0. The second kappa shape index (κ2) is 15.2. The van der Waals surface area contributed by atoms with Gasteiger partial charge >= 0.3 is 0 Å². The quantitative estimate of drug-likeness (QED) is 0.450. The molecule has 0 aromatic rings. The SMILES string of the molecule is CCN(CC)C(=S)S.CCN(CC)C(=S)S.[Zn]. The smallest absolute Gasteiger partial charge is 0.133 e. The Morgan fingerprint density at radius 3 is 0.941 bits per heavy atom. The predicted octanol–water partition coefficient (Wildman–Crippen LogP) is 3.08. The van der Waals surface area contributed by atoms with E-state index < -0.39 is 0 Å². The van der Waals surface area contributed by atoms with Crippen molar-refractivity contribution in [2.45, 2.75) is 27.7 Å². The number of rotatable bonds is 4. The van der Waals surface area contributed by atoms with Crippen molar-refractivity contribution in [3.05, 3.63) is 0 Å². The van der Waals surface area contributed by atoms with E-state index in [9.17, 15) is 0 Å². The molecule has 0 unspecified atom stereocenters. The van der Waals surface area contributed by atoms with Crippen molar-refractivity contribution in [2.24, 2.45) is 0 Å². The van der Waals surface area contributed by atoms with E-state index in [-0.39, 0.29) is 19.5 Å². The summed E-state index contributed by atoms with van der Waals surface area (Å²) < 4.78 is 1.38. The normalized spacial score (nSPS) is 8.35. The Bertz CT molecular complexity index is 184. The van der Waals surface area contributed by atoms with Gasteiger partial charge in [-0.05, 0) is 27.7 Å². The molecule has 0 aliphatic heterocycles. The van der Waals surface area contributed by atoms with Gasteiger partial charge in [0.1, 0.15) is 8.64 Å². The van der Waals surface area contributed by atoms with Crippen molar-refractivity contribution >= 4 is 58.3 Å². The van der Waals surface area contributed by atoms with Crippen LogP contribution in [0.1, 0.15) is 27.7 Å². The van der Waals surface area contributed by atoms with Crippen molar-refractivity contribution in [1.82, 2.24) is 9.80 Å². The molecule has 0 heterocycles. The van der Waals surface area contributed by atoms with Crippen LogP contribution >= 0.6 is 49.7 Å². The molecule has 0 atom stereocenters. The number of nitrogens with zero attached hydrogens (tertiary/aromatic N) is 2. The molecule has 0 spiro atoms. The van der Waals surface area contributed by atoms with Crippen LogP contribution in [0, 0.1) is 0 Å². The third kappa shape index (κ3) is 13.3. The third-order valence-electron chi connectivity index (χ3n) is 2.07. The molecular formula is C10H22N2S4Zn. The van der Waals surface area contributed by atoms with Crippen molar-refractivity contribution in [2.75, 3.05) is 26.2 Å². The maximum absolute atomic E-state index is 4.81. The third-order valence-corrected chi connectivity index (χ3v) is 3.15. The van der Waals surface area contributed by atoms with Crippen LogP contribution in [0.3, 0.4) is 0 Å². The summed E-state index contributed by atoms with van der Waals surface area (Å²) in [6.45, 7) is 12.1. The molecule has 0 aromatic heterocycles. The van der Waals surface area contributed by atoms with Gasteiger partial charge in [-0.3, -0.25) is 0 Å². The Labute approximate surface area is 140 Å². The molecule has 0 radical (unpaired) electrons. The Kier molecular flexibility index (Phi) is 20.7. The van der Waals surface area contributed by atoms with Crippen LogP contribution in [0.4, 0.5) is 0 Å². The summed E-state index contributed by atoms with van der Waals surface area (Å²) in [7, 11) is 0. The zero-order chi connectivity index (χ0) is 13.1. The summed E-state index contributed by atoms with van der Waals surface area (Å²) in [5.74, 6) is 0. The van der Waals surface area contributed by atoms with Crippen molar-refractivity contribution < 1.29 is 19.5 Å². The minimum atomic E-state index is 0. The topological polar surface area (TPSA) is 6.48 Å². The first kappa shape index (κ1) is 23.2. The molecule has 0 saturated heterocycles.